The van der Waals surface area contributed by atoms with Crippen LogP contribution in [-0.2, 0) is 19.6 Å². The van der Waals surface area contributed by atoms with Crippen molar-refractivity contribution in [2.45, 2.75) is 48.6 Å². The third kappa shape index (κ3) is 5.02. The molecule has 10 heteroatoms. The molecule has 0 spiro atoms. The monoisotopic (exact) mass is 546 g/mol. The normalized spacial score (nSPS) is 26.1. The second-order valence-electron chi connectivity index (χ2n) is 10.5. The average Bonchev–Trinajstić information content (AvgIpc) is 3.86. The van der Waals surface area contributed by atoms with Crippen molar-refractivity contribution in [2.75, 3.05) is 6.54 Å². The number of hydrogen-bond donors (Lipinski definition) is 3. The maximum absolute atomic E-state index is 13.2. The van der Waals surface area contributed by atoms with E-state index < -0.39 is 32.8 Å². The minimum atomic E-state index is -3.73. The van der Waals surface area contributed by atoms with E-state index in [0.717, 1.165) is 22.0 Å². The Kier molecular flexibility index (Phi) is 6.39. The molecular formula is C29H30N4O5S. The molecule has 2 amide bonds. The molecule has 1 saturated heterocycles. The van der Waals surface area contributed by atoms with Crippen LogP contribution < -0.4 is 20.1 Å². The lowest BCUT2D eigenvalue weighted by Gasteiger charge is -2.21. The van der Waals surface area contributed by atoms with E-state index in [0.29, 0.717) is 38.1 Å². The third-order valence-electron chi connectivity index (χ3n) is 7.71. The fourth-order valence-corrected chi connectivity index (χ4v) is 6.55. The summed E-state index contributed by atoms with van der Waals surface area (Å²) in [5.41, 5.74) is 0.467. The first-order chi connectivity index (χ1) is 18.8. The van der Waals surface area contributed by atoms with Crippen molar-refractivity contribution in [3.8, 4) is 17.1 Å². The van der Waals surface area contributed by atoms with E-state index in [4.69, 9.17) is 9.72 Å². The highest BCUT2D eigenvalue weighted by Crippen LogP contribution is 2.45. The van der Waals surface area contributed by atoms with E-state index in [1.807, 2.05) is 60.7 Å². The minimum absolute atomic E-state index is 0.309. The molecule has 0 unspecified atom stereocenters. The number of amides is 2. The van der Waals surface area contributed by atoms with Gasteiger partial charge in [0.25, 0.3) is 5.91 Å². The number of hydrogen-bond acceptors (Lipinski definition) is 7. The first-order valence-electron chi connectivity index (χ1n) is 13.1. The number of sulfonamides is 1. The zero-order valence-corrected chi connectivity index (χ0v) is 22.1. The molecule has 6 rings (SSSR count). The van der Waals surface area contributed by atoms with E-state index in [1.54, 1.807) is 6.08 Å². The largest absolute Gasteiger partial charge is 0.472 e. The molecule has 202 valence electrons. The fraction of sp³-hybridized carbons (Fsp3) is 0.345. The van der Waals surface area contributed by atoms with Gasteiger partial charge in [-0.3, -0.25) is 14.3 Å². The summed E-state index contributed by atoms with van der Waals surface area (Å²) in [4.78, 5) is 31.0. The van der Waals surface area contributed by atoms with Crippen molar-refractivity contribution in [3.63, 3.8) is 0 Å². The van der Waals surface area contributed by atoms with Gasteiger partial charge in [-0.25, -0.2) is 13.4 Å². The number of nitrogens with zero attached hydrogens (tertiary/aromatic N) is 1. The van der Waals surface area contributed by atoms with Crippen LogP contribution in [0.25, 0.3) is 22.0 Å². The van der Waals surface area contributed by atoms with Crippen LogP contribution in [0.2, 0.25) is 0 Å². The van der Waals surface area contributed by atoms with Crippen molar-refractivity contribution in [1.82, 2.24) is 20.3 Å². The molecular weight excluding hydrogens is 516 g/mol. The van der Waals surface area contributed by atoms with Crippen molar-refractivity contribution < 1.29 is 22.7 Å². The Morgan fingerprint density at radius 3 is 2.56 bits per heavy atom. The first-order valence-corrected chi connectivity index (χ1v) is 14.7. The van der Waals surface area contributed by atoms with Crippen LogP contribution in [0.4, 0.5) is 0 Å². The zero-order chi connectivity index (χ0) is 27.2. The van der Waals surface area contributed by atoms with Gasteiger partial charge >= 0.3 is 0 Å². The predicted octanol–water partition coefficient (Wildman–Crippen LogP) is 2.68. The number of fused-ring (bicyclic) bond motifs is 1. The molecule has 0 bridgehead atoms. The highest BCUT2D eigenvalue weighted by atomic mass is 32.2. The van der Waals surface area contributed by atoms with Crippen molar-refractivity contribution in [3.05, 3.63) is 73.3 Å². The van der Waals surface area contributed by atoms with Crippen molar-refractivity contribution in [1.29, 1.82) is 0 Å². The first kappa shape index (κ1) is 25.5. The summed E-state index contributed by atoms with van der Waals surface area (Å²) in [7, 11) is -3.73. The smallest absolute Gasteiger partial charge is 0.259 e. The maximum atomic E-state index is 13.2. The Balaban J connectivity index is 1.15. The van der Waals surface area contributed by atoms with E-state index in [-0.39, 0.29) is 17.9 Å². The summed E-state index contributed by atoms with van der Waals surface area (Å²) in [6, 6.07) is 19.2. The molecule has 1 aromatic heterocycles. The lowest BCUT2D eigenvalue weighted by atomic mass is 10.1. The van der Waals surface area contributed by atoms with Crippen LogP contribution in [-0.4, -0.2) is 54.7 Å². The minimum Gasteiger partial charge on any atom is -0.472 e. The maximum Gasteiger partial charge on any atom is 0.259 e. The molecule has 9 nitrogen and oxygen atoms in total. The van der Waals surface area contributed by atoms with Gasteiger partial charge in [0.15, 0.2) is 0 Å². The van der Waals surface area contributed by atoms with E-state index in [1.165, 1.54) is 0 Å². The lowest BCUT2D eigenvalue weighted by molar-refractivity contribution is -0.130. The average molecular weight is 547 g/mol. The summed E-state index contributed by atoms with van der Waals surface area (Å²) in [5, 5.41) is 7.34. The quantitative estimate of drug-likeness (QED) is 0.352. The molecule has 39 heavy (non-hydrogen) atoms. The predicted molar refractivity (Wildman–Crippen MR) is 147 cm³/mol. The number of carbonyl (C=O) groups is 2. The molecule has 2 saturated carbocycles. The molecule has 2 heterocycles. The Morgan fingerprint density at radius 2 is 1.85 bits per heavy atom. The van der Waals surface area contributed by atoms with E-state index >= 15 is 0 Å². The molecule has 0 radical (unpaired) electrons. The van der Waals surface area contributed by atoms with Crippen LogP contribution in [0.3, 0.4) is 0 Å². The number of rotatable bonds is 9. The van der Waals surface area contributed by atoms with Gasteiger partial charge in [0.2, 0.25) is 21.8 Å². The van der Waals surface area contributed by atoms with E-state index in [2.05, 4.69) is 21.9 Å². The zero-order valence-electron chi connectivity index (χ0n) is 21.3. The van der Waals surface area contributed by atoms with Gasteiger partial charge in [-0.05, 0) is 36.8 Å². The summed E-state index contributed by atoms with van der Waals surface area (Å²) in [5.74, 6) is -0.914. The number of benzene rings is 2. The van der Waals surface area contributed by atoms with Crippen LogP contribution in [0.15, 0.2) is 73.3 Å². The summed E-state index contributed by atoms with van der Waals surface area (Å²) in [6.07, 6.45) is 3.01. The van der Waals surface area contributed by atoms with Gasteiger partial charge in [0, 0.05) is 29.8 Å². The Labute approximate surface area is 227 Å². The molecule has 3 N–H and O–H groups in total. The number of pyridine rings is 1. The summed E-state index contributed by atoms with van der Waals surface area (Å²) < 4.78 is 33.2. The molecule has 2 aliphatic carbocycles. The highest BCUT2D eigenvalue weighted by Gasteiger charge is 2.61. The molecule has 3 aliphatic rings. The van der Waals surface area contributed by atoms with Crippen LogP contribution in [0.5, 0.6) is 5.88 Å². The van der Waals surface area contributed by atoms with Gasteiger partial charge in [-0.15, -0.1) is 6.58 Å². The number of aromatic nitrogens is 1. The number of nitrogens with one attached hydrogen (secondary N) is 3. The second-order valence-corrected chi connectivity index (χ2v) is 12.5. The standard InChI is InChI=1S/C29H30N4O5S/c1-2-20-16-29(20,28(35)33-39(36,37)22-12-13-22)32-26(34)25-15-21(17-30-25)38-27-23-11-7-6-10-19(23)14-24(31-27)18-8-4-3-5-9-18/h2-11,14,20-22,25,30H,1,12-13,15-17H2,(H,32,34)(H,33,35)/t20-,21-,25+,29-/m1/s1. The lowest BCUT2D eigenvalue weighted by Crippen LogP contribution is -2.55. The van der Waals surface area contributed by atoms with Gasteiger partial charge in [0.1, 0.15) is 11.6 Å². The van der Waals surface area contributed by atoms with Crippen LogP contribution in [0, 0.1) is 5.92 Å². The summed E-state index contributed by atoms with van der Waals surface area (Å²) >= 11 is 0. The number of ether oxygens (including phenoxy) is 1. The summed E-state index contributed by atoms with van der Waals surface area (Å²) in [6.45, 7) is 4.16. The molecule has 1 aliphatic heterocycles. The van der Waals surface area contributed by atoms with Gasteiger partial charge in [-0.1, -0.05) is 54.6 Å². The highest BCUT2D eigenvalue weighted by molar-refractivity contribution is 7.91. The Bertz CT molecular complexity index is 1560. The number of carbonyl (C=O) groups excluding carboxylic acids is 2. The van der Waals surface area contributed by atoms with Crippen LogP contribution >= 0.6 is 0 Å². The molecule has 3 aromatic rings. The van der Waals surface area contributed by atoms with E-state index in [9.17, 15) is 18.0 Å². The molecule has 3 fully saturated rings. The topological polar surface area (TPSA) is 126 Å². The van der Waals surface area contributed by atoms with Crippen molar-refractivity contribution in [2.24, 2.45) is 5.92 Å². The van der Waals surface area contributed by atoms with Gasteiger partial charge < -0.3 is 15.4 Å². The van der Waals surface area contributed by atoms with Gasteiger partial charge in [-0.2, -0.15) is 0 Å². The van der Waals surface area contributed by atoms with Gasteiger partial charge in [0.05, 0.1) is 17.0 Å². The third-order valence-corrected chi connectivity index (χ3v) is 9.53. The Morgan fingerprint density at radius 1 is 1.10 bits per heavy atom. The van der Waals surface area contributed by atoms with Crippen molar-refractivity contribution >= 4 is 32.6 Å². The molecule has 2 aromatic carbocycles. The van der Waals surface area contributed by atoms with Crippen LogP contribution in [0.1, 0.15) is 25.7 Å². The fourth-order valence-electron chi connectivity index (χ4n) is 5.19. The second kappa shape index (κ2) is 9.77. The molecule has 4 atom stereocenters. The SMILES string of the molecule is C=C[C@@H]1C[C@]1(NC(=O)[C@@H]1C[C@@H](Oc2nc(-c3ccccc3)cc3ccccc23)CN1)C(=O)NS(=O)(=O)C1CC1. The Hall–Kier alpha value is -3.76.